The summed E-state index contributed by atoms with van der Waals surface area (Å²) in [5, 5.41) is 6.11. The SMILES string of the molecule is CC[PH](CC)(CC(=O)Nc1c(C)cccc1C)C(C)C(=O)Nc1c(C)cc(F)cc1C. The molecule has 2 aromatic rings. The summed E-state index contributed by atoms with van der Waals surface area (Å²) in [6.07, 6.45) is 2.06. The van der Waals surface area contributed by atoms with Crippen LogP contribution in [0.5, 0.6) is 0 Å². The molecule has 0 aliphatic carbocycles. The van der Waals surface area contributed by atoms with Crippen LogP contribution in [-0.2, 0) is 9.59 Å². The molecule has 0 fully saturated rings. The molecule has 6 heteroatoms. The first-order valence-corrected chi connectivity index (χ1v) is 13.7. The monoisotopic (exact) mass is 446 g/mol. The molecule has 0 heterocycles. The maximum absolute atomic E-state index is 13.6. The fourth-order valence-corrected chi connectivity index (χ4v) is 8.29. The number of carbonyl (C=O) groups is 2. The second kappa shape index (κ2) is 10.4. The minimum absolute atomic E-state index is 0.0263. The number of hydrogen-bond donors (Lipinski definition) is 2. The number of nitrogens with one attached hydrogen (secondary N) is 2. The van der Waals surface area contributed by atoms with Gasteiger partial charge in [0.1, 0.15) is 0 Å². The van der Waals surface area contributed by atoms with Gasteiger partial charge in [-0.2, -0.15) is 0 Å². The zero-order valence-corrected chi connectivity index (χ0v) is 20.8. The Hall–Kier alpha value is -2.26. The summed E-state index contributed by atoms with van der Waals surface area (Å²) < 4.78 is 13.6. The first-order chi connectivity index (χ1) is 14.5. The molecule has 2 amide bonds. The molecule has 0 aromatic heterocycles. The summed E-state index contributed by atoms with van der Waals surface area (Å²) in [6.45, 7) is 13.7. The van der Waals surface area contributed by atoms with Crippen molar-refractivity contribution < 1.29 is 14.0 Å². The Labute approximate surface area is 186 Å². The number of para-hydroxylation sites is 1. The van der Waals surface area contributed by atoms with Gasteiger partial charge in [-0.1, -0.05) is 0 Å². The molecule has 0 saturated carbocycles. The van der Waals surface area contributed by atoms with Gasteiger partial charge < -0.3 is 0 Å². The molecule has 1 atom stereocenters. The fraction of sp³-hybridized carbons (Fsp3) is 0.440. The number of carbonyl (C=O) groups excluding carboxylic acids is 2. The normalized spacial score (nSPS) is 12.9. The molecule has 4 nitrogen and oxygen atoms in total. The van der Waals surface area contributed by atoms with Gasteiger partial charge in [-0.3, -0.25) is 0 Å². The predicted molar refractivity (Wildman–Crippen MR) is 133 cm³/mol. The van der Waals surface area contributed by atoms with Gasteiger partial charge in [-0.15, -0.1) is 0 Å². The van der Waals surface area contributed by atoms with Crippen LogP contribution in [0.1, 0.15) is 43.0 Å². The van der Waals surface area contributed by atoms with Crippen molar-refractivity contribution in [2.45, 2.75) is 54.1 Å². The summed E-state index contributed by atoms with van der Waals surface area (Å²) in [5.41, 5.74) is 4.72. The topological polar surface area (TPSA) is 58.2 Å². The van der Waals surface area contributed by atoms with E-state index in [0.29, 0.717) is 23.0 Å². The van der Waals surface area contributed by atoms with Crippen LogP contribution in [0.25, 0.3) is 0 Å². The Balaban J connectivity index is 2.22. The van der Waals surface area contributed by atoms with Crippen molar-refractivity contribution in [3.05, 3.63) is 58.4 Å². The molecule has 1 unspecified atom stereocenters. The van der Waals surface area contributed by atoms with Gasteiger partial charge in [0, 0.05) is 0 Å². The van der Waals surface area contributed by atoms with Crippen LogP contribution in [0.3, 0.4) is 0 Å². The molecule has 2 N–H and O–H groups in total. The van der Waals surface area contributed by atoms with Crippen LogP contribution < -0.4 is 10.6 Å². The molecule has 170 valence electrons. The van der Waals surface area contributed by atoms with Crippen molar-refractivity contribution in [3.63, 3.8) is 0 Å². The summed E-state index contributed by atoms with van der Waals surface area (Å²) >= 11 is 0. The number of rotatable bonds is 8. The average molecular weight is 447 g/mol. The van der Waals surface area contributed by atoms with E-state index in [2.05, 4.69) is 24.5 Å². The van der Waals surface area contributed by atoms with Gasteiger partial charge in [-0.05, 0) is 0 Å². The number of halogens is 1. The molecule has 0 bridgehead atoms. The molecule has 0 aliphatic rings. The van der Waals surface area contributed by atoms with Gasteiger partial charge in [0.05, 0.1) is 0 Å². The molecule has 0 aliphatic heterocycles. The first kappa shape index (κ1) is 25.0. The Bertz CT molecular complexity index is 927. The van der Waals surface area contributed by atoms with Gasteiger partial charge in [0.2, 0.25) is 0 Å². The second-order valence-electron chi connectivity index (χ2n) is 8.69. The summed E-state index contributed by atoms with van der Waals surface area (Å²) in [5.74, 6) is -0.426. The van der Waals surface area contributed by atoms with Crippen molar-refractivity contribution in [2.24, 2.45) is 0 Å². The third-order valence-corrected chi connectivity index (χ3v) is 12.7. The van der Waals surface area contributed by atoms with Crippen LogP contribution in [0, 0.1) is 33.5 Å². The average Bonchev–Trinajstić information content (AvgIpc) is 2.71. The van der Waals surface area contributed by atoms with E-state index in [1.54, 1.807) is 13.8 Å². The van der Waals surface area contributed by atoms with Crippen molar-refractivity contribution in [3.8, 4) is 0 Å². The van der Waals surface area contributed by atoms with Gasteiger partial charge >= 0.3 is 186 Å². The molecule has 31 heavy (non-hydrogen) atoms. The quantitative estimate of drug-likeness (QED) is 0.503. The molecule has 0 spiro atoms. The van der Waals surface area contributed by atoms with E-state index in [0.717, 1.165) is 29.1 Å². The molecule has 2 rings (SSSR count). The van der Waals surface area contributed by atoms with Crippen LogP contribution >= 0.6 is 7.26 Å². The van der Waals surface area contributed by atoms with E-state index < -0.39 is 7.26 Å². The molecule has 2 aromatic carbocycles. The summed E-state index contributed by atoms with van der Waals surface area (Å²) in [6, 6.07) is 8.79. The molecule has 0 saturated heterocycles. The predicted octanol–water partition coefficient (Wildman–Crippen LogP) is 5.81. The van der Waals surface area contributed by atoms with Gasteiger partial charge in [0.25, 0.3) is 0 Å². The summed E-state index contributed by atoms with van der Waals surface area (Å²) in [7, 11) is -2.26. The second-order valence-corrected chi connectivity index (χ2v) is 14.0. The molecular formula is C25H36FN2O2P. The van der Waals surface area contributed by atoms with E-state index in [9.17, 15) is 14.0 Å². The van der Waals surface area contributed by atoms with E-state index in [1.807, 2.05) is 39.0 Å². The summed E-state index contributed by atoms with van der Waals surface area (Å²) in [4.78, 5) is 26.2. The standard InChI is InChI=1S/C25H36FN2O2P/c1-8-31(9-2,15-22(29)27-23-16(3)11-10-12-17(23)4)20(7)25(30)28-24-18(5)13-21(26)14-19(24)6/h10-14,20,31H,8-9,15H2,1-7H3,(H,27,29)(H,28,30). The Morgan fingerprint density at radius 2 is 1.39 bits per heavy atom. The van der Waals surface area contributed by atoms with E-state index >= 15 is 0 Å². The number of aryl methyl sites for hydroxylation is 4. The maximum atomic E-state index is 13.6. The zero-order valence-electron chi connectivity index (χ0n) is 19.8. The molecular weight excluding hydrogens is 410 g/mol. The number of amides is 2. The fourth-order valence-electron chi connectivity index (χ4n) is 4.40. The van der Waals surface area contributed by atoms with Crippen LogP contribution in [0.2, 0.25) is 0 Å². The Kier molecular flexibility index (Phi) is 8.36. The minimum atomic E-state index is -2.26. The van der Waals surface area contributed by atoms with Crippen molar-refractivity contribution >= 4 is 30.5 Å². The van der Waals surface area contributed by atoms with Crippen LogP contribution in [-0.4, -0.2) is 36.0 Å². The number of anilines is 2. The van der Waals surface area contributed by atoms with E-state index in [1.165, 1.54) is 12.1 Å². The Morgan fingerprint density at radius 3 is 1.87 bits per heavy atom. The number of hydrogen-bond acceptors (Lipinski definition) is 2. The van der Waals surface area contributed by atoms with Crippen LogP contribution in [0.4, 0.5) is 15.8 Å². The van der Waals surface area contributed by atoms with Gasteiger partial charge in [0.15, 0.2) is 0 Å². The number of benzene rings is 2. The Morgan fingerprint density at radius 1 is 0.903 bits per heavy atom. The van der Waals surface area contributed by atoms with Crippen LogP contribution in [0.15, 0.2) is 30.3 Å². The third kappa shape index (κ3) is 5.71. The van der Waals surface area contributed by atoms with Gasteiger partial charge in [-0.25, -0.2) is 0 Å². The van der Waals surface area contributed by atoms with Crippen molar-refractivity contribution in [1.29, 1.82) is 0 Å². The third-order valence-electron chi connectivity index (χ3n) is 6.72. The van der Waals surface area contributed by atoms with E-state index in [-0.39, 0.29) is 23.3 Å². The van der Waals surface area contributed by atoms with Crippen molar-refractivity contribution in [2.75, 3.05) is 29.1 Å². The van der Waals surface area contributed by atoms with Crippen molar-refractivity contribution in [1.82, 2.24) is 0 Å². The first-order valence-electron chi connectivity index (χ1n) is 11.0. The van der Waals surface area contributed by atoms with E-state index in [4.69, 9.17) is 0 Å². The zero-order chi connectivity index (χ0) is 23.3. The molecule has 0 radical (unpaired) electrons.